The normalized spacial score (nSPS) is 14.4. The standard InChI is InChI=1S/C36H36F3N3O/c1-4-25-9-7-14-32(20-25)42(3)33(19-24(2)36(37,38)39)35(43)41-31-13-8-12-29(22-31)34(40-23-26-15-16-26)30-18-17-27-10-5-6-11-28(27)21-30/h5-14,17-22,26,34,40H,2,4,15-16,23H2,1,3H3,(H,41,43)/b33-19-. The van der Waals surface area contributed by atoms with E-state index in [4.69, 9.17) is 0 Å². The van der Waals surface area contributed by atoms with Crippen molar-refractivity contribution in [3.05, 3.63) is 132 Å². The number of halogens is 3. The van der Waals surface area contributed by atoms with Crippen molar-refractivity contribution in [3.63, 3.8) is 0 Å². The molecule has 1 amide bonds. The first-order valence-corrected chi connectivity index (χ1v) is 14.6. The van der Waals surface area contributed by atoms with Gasteiger partial charge in [0.2, 0.25) is 0 Å². The molecule has 0 saturated heterocycles. The van der Waals surface area contributed by atoms with Crippen LogP contribution in [0.2, 0.25) is 0 Å². The van der Waals surface area contributed by atoms with E-state index in [-0.39, 0.29) is 11.7 Å². The zero-order valence-corrected chi connectivity index (χ0v) is 24.4. The Balaban J connectivity index is 1.45. The quantitative estimate of drug-likeness (QED) is 0.137. The van der Waals surface area contributed by atoms with Crippen molar-refractivity contribution in [2.45, 2.75) is 38.4 Å². The third kappa shape index (κ3) is 7.54. The highest BCUT2D eigenvalue weighted by molar-refractivity contribution is 6.06. The molecule has 5 rings (SSSR count). The largest absolute Gasteiger partial charge is 0.415 e. The summed E-state index contributed by atoms with van der Waals surface area (Å²) < 4.78 is 40.6. The maximum absolute atomic E-state index is 13.6. The van der Waals surface area contributed by atoms with Crippen LogP contribution in [0, 0.1) is 5.92 Å². The number of likely N-dealkylation sites (N-methyl/N-ethyl adjacent to an activating group) is 1. The molecule has 0 spiro atoms. The molecule has 1 aliphatic carbocycles. The number of hydrogen-bond acceptors (Lipinski definition) is 3. The number of rotatable bonds is 11. The minimum atomic E-state index is -4.67. The van der Waals surface area contributed by atoms with Gasteiger partial charge in [-0.2, -0.15) is 13.2 Å². The van der Waals surface area contributed by atoms with Crippen LogP contribution in [0.25, 0.3) is 10.8 Å². The zero-order valence-electron chi connectivity index (χ0n) is 24.4. The fraction of sp³-hybridized carbons (Fsp3) is 0.250. The van der Waals surface area contributed by atoms with Gasteiger partial charge in [-0.15, -0.1) is 0 Å². The lowest BCUT2D eigenvalue weighted by atomic mass is 9.95. The van der Waals surface area contributed by atoms with Crippen molar-refractivity contribution in [2.24, 2.45) is 5.92 Å². The summed E-state index contributed by atoms with van der Waals surface area (Å²) in [6.45, 7) is 6.05. The third-order valence-corrected chi connectivity index (χ3v) is 7.87. The number of nitrogens with zero attached hydrogens (tertiary/aromatic N) is 1. The van der Waals surface area contributed by atoms with Crippen LogP contribution >= 0.6 is 0 Å². The number of carbonyl (C=O) groups excluding carboxylic acids is 1. The first kappa shape index (κ1) is 30.1. The van der Waals surface area contributed by atoms with E-state index < -0.39 is 17.7 Å². The summed E-state index contributed by atoms with van der Waals surface area (Å²) in [5.41, 5.74) is 2.86. The van der Waals surface area contributed by atoms with Gasteiger partial charge in [0.1, 0.15) is 5.70 Å². The van der Waals surface area contributed by atoms with Crippen molar-refractivity contribution >= 4 is 28.1 Å². The monoisotopic (exact) mass is 583 g/mol. The van der Waals surface area contributed by atoms with Crippen LogP contribution in [-0.2, 0) is 11.2 Å². The van der Waals surface area contributed by atoms with E-state index in [1.165, 1.54) is 17.7 Å². The molecule has 2 N–H and O–H groups in total. The highest BCUT2D eigenvalue weighted by Crippen LogP contribution is 2.32. The lowest BCUT2D eigenvalue weighted by molar-refractivity contribution is -0.112. The molecule has 1 unspecified atom stereocenters. The maximum Gasteiger partial charge on any atom is 0.415 e. The number of anilines is 2. The second-order valence-corrected chi connectivity index (χ2v) is 11.1. The summed E-state index contributed by atoms with van der Waals surface area (Å²) in [4.78, 5) is 15.1. The molecule has 0 heterocycles. The summed E-state index contributed by atoms with van der Waals surface area (Å²) in [6.07, 6.45) is -0.700. The highest BCUT2D eigenvalue weighted by atomic mass is 19.4. The Morgan fingerprint density at radius 1 is 0.953 bits per heavy atom. The van der Waals surface area contributed by atoms with Crippen molar-refractivity contribution < 1.29 is 18.0 Å². The van der Waals surface area contributed by atoms with Gasteiger partial charge in [-0.05, 0) is 95.6 Å². The Bertz CT molecular complexity index is 1660. The predicted octanol–water partition coefficient (Wildman–Crippen LogP) is 8.57. The average Bonchev–Trinajstić information content (AvgIpc) is 3.84. The van der Waals surface area contributed by atoms with Crippen LogP contribution in [0.1, 0.15) is 42.5 Å². The van der Waals surface area contributed by atoms with E-state index in [9.17, 15) is 18.0 Å². The fourth-order valence-electron chi connectivity index (χ4n) is 5.10. The predicted molar refractivity (Wildman–Crippen MR) is 169 cm³/mol. The lowest BCUT2D eigenvalue weighted by Crippen LogP contribution is -2.29. The molecular formula is C36H36F3N3O. The number of allylic oxidation sites excluding steroid dienone is 2. The van der Waals surface area contributed by atoms with Crippen LogP contribution in [0.3, 0.4) is 0 Å². The summed E-state index contributed by atoms with van der Waals surface area (Å²) in [5, 5.41) is 8.84. The van der Waals surface area contributed by atoms with Gasteiger partial charge < -0.3 is 15.5 Å². The van der Waals surface area contributed by atoms with Crippen LogP contribution in [0.15, 0.2) is 115 Å². The van der Waals surface area contributed by atoms with Crippen molar-refractivity contribution in [1.82, 2.24) is 5.32 Å². The van der Waals surface area contributed by atoms with E-state index in [1.54, 1.807) is 19.2 Å². The highest BCUT2D eigenvalue weighted by Gasteiger charge is 2.32. The number of benzene rings is 4. The first-order valence-electron chi connectivity index (χ1n) is 14.6. The van der Waals surface area contributed by atoms with E-state index in [2.05, 4.69) is 47.5 Å². The van der Waals surface area contributed by atoms with Crippen LogP contribution in [-0.4, -0.2) is 25.7 Å². The van der Waals surface area contributed by atoms with Crippen molar-refractivity contribution in [3.8, 4) is 0 Å². The lowest BCUT2D eigenvalue weighted by Gasteiger charge is -2.24. The van der Waals surface area contributed by atoms with Gasteiger partial charge in [0, 0.05) is 18.4 Å². The Morgan fingerprint density at radius 3 is 2.40 bits per heavy atom. The molecule has 0 aliphatic heterocycles. The van der Waals surface area contributed by atoms with Crippen molar-refractivity contribution in [1.29, 1.82) is 0 Å². The molecule has 7 heteroatoms. The Labute approximate surface area is 250 Å². The van der Waals surface area contributed by atoms with E-state index in [0.29, 0.717) is 17.3 Å². The molecule has 0 aromatic heterocycles. The summed E-state index contributed by atoms with van der Waals surface area (Å²) in [7, 11) is 1.58. The van der Waals surface area contributed by atoms with Gasteiger partial charge in [0.15, 0.2) is 0 Å². The van der Waals surface area contributed by atoms with E-state index in [0.717, 1.165) is 46.5 Å². The second-order valence-electron chi connectivity index (χ2n) is 11.1. The number of fused-ring (bicyclic) bond motifs is 1. The molecule has 222 valence electrons. The molecule has 1 atom stereocenters. The number of aryl methyl sites for hydroxylation is 1. The molecule has 1 fully saturated rings. The number of amides is 1. The fourth-order valence-corrected chi connectivity index (χ4v) is 5.10. The van der Waals surface area contributed by atoms with E-state index >= 15 is 0 Å². The summed E-state index contributed by atoms with van der Waals surface area (Å²) in [6, 6.07) is 29.3. The SMILES string of the molecule is C=C(/C=C(/C(=O)Nc1cccc(C(NCC2CC2)c2ccc3ccccc3c2)c1)N(C)c1cccc(CC)c1)C(F)(F)F. The Hall–Kier alpha value is -4.36. The molecule has 0 radical (unpaired) electrons. The molecule has 1 saturated carbocycles. The van der Waals surface area contributed by atoms with Crippen molar-refractivity contribution in [2.75, 3.05) is 23.8 Å². The van der Waals surface area contributed by atoms with Gasteiger partial charge in [-0.25, -0.2) is 0 Å². The first-order chi connectivity index (χ1) is 20.6. The molecule has 43 heavy (non-hydrogen) atoms. The van der Waals surface area contributed by atoms with Crippen LogP contribution in [0.5, 0.6) is 0 Å². The number of hydrogen-bond donors (Lipinski definition) is 2. The third-order valence-electron chi connectivity index (χ3n) is 7.87. The molecule has 4 aromatic rings. The minimum absolute atomic E-state index is 0.124. The summed E-state index contributed by atoms with van der Waals surface area (Å²) in [5.74, 6) is -0.0119. The number of alkyl halides is 3. The molecular weight excluding hydrogens is 547 g/mol. The minimum Gasteiger partial charge on any atom is -0.340 e. The van der Waals surface area contributed by atoms with Gasteiger partial charge in [-0.3, -0.25) is 4.79 Å². The Morgan fingerprint density at radius 2 is 1.67 bits per heavy atom. The maximum atomic E-state index is 13.6. The molecule has 0 bridgehead atoms. The molecule has 1 aliphatic rings. The smallest absolute Gasteiger partial charge is 0.340 e. The number of nitrogens with one attached hydrogen (secondary N) is 2. The average molecular weight is 584 g/mol. The van der Waals surface area contributed by atoms with Gasteiger partial charge in [-0.1, -0.05) is 74.2 Å². The van der Waals surface area contributed by atoms with E-state index in [1.807, 2.05) is 55.5 Å². The van der Waals surface area contributed by atoms with Gasteiger partial charge in [0.25, 0.3) is 5.91 Å². The van der Waals surface area contributed by atoms with Gasteiger partial charge in [0.05, 0.1) is 11.6 Å². The second kappa shape index (κ2) is 12.9. The Kier molecular flexibility index (Phi) is 9.02. The molecule has 4 nitrogen and oxygen atoms in total. The number of carbonyl (C=O) groups is 1. The topological polar surface area (TPSA) is 44.4 Å². The zero-order chi connectivity index (χ0) is 30.6. The van der Waals surface area contributed by atoms with Crippen LogP contribution < -0.4 is 15.5 Å². The molecule has 4 aromatic carbocycles. The van der Waals surface area contributed by atoms with Gasteiger partial charge >= 0.3 is 6.18 Å². The van der Waals surface area contributed by atoms with Crippen LogP contribution in [0.4, 0.5) is 24.5 Å². The summed E-state index contributed by atoms with van der Waals surface area (Å²) >= 11 is 0.